The number of para-hydroxylation sites is 1. The van der Waals surface area contributed by atoms with Crippen LogP contribution in [0.25, 0.3) is 10.9 Å². The molecule has 5 heteroatoms. The molecule has 0 radical (unpaired) electrons. The van der Waals surface area contributed by atoms with E-state index < -0.39 is 0 Å². The summed E-state index contributed by atoms with van der Waals surface area (Å²) in [7, 11) is 2.02. The molecule has 0 bridgehead atoms. The molecule has 0 aliphatic carbocycles. The van der Waals surface area contributed by atoms with Gasteiger partial charge in [-0.3, -0.25) is 0 Å². The van der Waals surface area contributed by atoms with Crippen LogP contribution >= 0.6 is 27.3 Å². The number of aliphatic hydroxyl groups excluding tert-OH is 1. The van der Waals surface area contributed by atoms with E-state index in [0.29, 0.717) is 0 Å². The zero-order chi connectivity index (χ0) is 14.8. The van der Waals surface area contributed by atoms with Crippen molar-refractivity contribution in [2.24, 2.45) is 0 Å². The third kappa shape index (κ3) is 3.10. The highest BCUT2D eigenvalue weighted by Gasteiger charge is 2.09. The Bertz CT molecular complexity index is 772. The highest BCUT2D eigenvalue weighted by molar-refractivity contribution is 9.11. The van der Waals surface area contributed by atoms with Crippen LogP contribution in [0, 0.1) is 0 Å². The van der Waals surface area contributed by atoms with Gasteiger partial charge in [-0.1, -0.05) is 18.2 Å². The van der Waals surface area contributed by atoms with E-state index in [2.05, 4.69) is 32.3 Å². The fourth-order valence-corrected chi connectivity index (χ4v) is 3.54. The van der Waals surface area contributed by atoms with Gasteiger partial charge >= 0.3 is 0 Å². The molecular formula is C16H15BrN2OS. The van der Waals surface area contributed by atoms with Crippen molar-refractivity contribution in [2.75, 3.05) is 11.9 Å². The summed E-state index contributed by atoms with van der Waals surface area (Å²) >= 11 is 5.17. The fourth-order valence-electron chi connectivity index (χ4n) is 2.34. The molecule has 3 aromatic rings. The molecule has 0 saturated carbocycles. The van der Waals surface area contributed by atoms with Crippen molar-refractivity contribution in [3.05, 3.63) is 56.7 Å². The predicted molar refractivity (Wildman–Crippen MR) is 91.8 cm³/mol. The Morgan fingerprint density at radius 1 is 1.29 bits per heavy atom. The summed E-state index contributed by atoms with van der Waals surface area (Å²) in [5.74, 6) is 0.875. The lowest BCUT2D eigenvalue weighted by Gasteiger charge is -2.19. The number of fused-ring (bicyclic) bond motifs is 1. The number of pyridine rings is 1. The van der Waals surface area contributed by atoms with Gasteiger partial charge in [0, 0.05) is 19.0 Å². The summed E-state index contributed by atoms with van der Waals surface area (Å²) in [6, 6.07) is 12.0. The minimum Gasteiger partial charge on any atom is -0.392 e. The normalized spacial score (nSPS) is 11.0. The van der Waals surface area contributed by atoms with Crippen LogP contribution in [0.4, 0.5) is 5.82 Å². The molecule has 0 aliphatic rings. The number of rotatable bonds is 4. The number of halogens is 1. The summed E-state index contributed by atoms with van der Waals surface area (Å²) in [6.07, 6.45) is 0. The van der Waals surface area contributed by atoms with Gasteiger partial charge in [-0.05, 0) is 50.6 Å². The van der Waals surface area contributed by atoms with Gasteiger partial charge in [-0.15, -0.1) is 11.3 Å². The first kappa shape index (κ1) is 14.5. The van der Waals surface area contributed by atoms with Crippen LogP contribution in [-0.2, 0) is 13.2 Å². The molecule has 1 aromatic carbocycles. The lowest BCUT2D eigenvalue weighted by molar-refractivity contribution is 0.283. The molecular weight excluding hydrogens is 348 g/mol. The number of aliphatic hydroxyl groups is 1. The summed E-state index contributed by atoms with van der Waals surface area (Å²) in [5.41, 5.74) is 3.07. The van der Waals surface area contributed by atoms with E-state index in [-0.39, 0.29) is 6.61 Å². The van der Waals surface area contributed by atoms with Crippen molar-refractivity contribution in [2.45, 2.75) is 13.2 Å². The smallest absolute Gasteiger partial charge is 0.129 e. The minimum absolute atomic E-state index is 0.0217. The van der Waals surface area contributed by atoms with E-state index >= 15 is 0 Å². The topological polar surface area (TPSA) is 36.4 Å². The number of hydrogen-bond donors (Lipinski definition) is 1. The average Bonchev–Trinajstić information content (AvgIpc) is 2.91. The quantitative estimate of drug-likeness (QED) is 0.755. The molecule has 108 valence electrons. The first-order valence-corrected chi connectivity index (χ1v) is 8.28. The number of nitrogens with zero attached hydrogens (tertiary/aromatic N) is 2. The molecule has 2 aromatic heterocycles. The standard InChI is InChI=1S/C16H15BrN2OS/c1-19(8-11-6-15(17)21-10-11)16-7-12(9-20)13-4-2-3-5-14(13)18-16/h2-7,10,20H,8-9H2,1H3. The molecule has 21 heavy (non-hydrogen) atoms. The van der Waals surface area contributed by atoms with Gasteiger partial charge in [0.25, 0.3) is 0 Å². The molecule has 1 N–H and O–H groups in total. The lowest BCUT2D eigenvalue weighted by atomic mass is 10.1. The molecule has 0 fully saturated rings. The van der Waals surface area contributed by atoms with E-state index in [0.717, 1.165) is 32.6 Å². The zero-order valence-corrected chi connectivity index (χ0v) is 14.0. The molecule has 0 amide bonds. The van der Waals surface area contributed by atoms with Gasteiger partial charge in [0.1, 0.15) is 5.82 Å². The summed E-state index contributed by atoms with van der Waals surface area (Å²) in [6.45, 7) is 0.812. The molecule has 0 aliphatic heterocycles. The molecule has 2 heterocycles. The highest BCUT2D eigenvalue weighted by atomic mass is 79.9. The van der Waals surface area contributed by atoms with Crippen LogP contribution in [0.15, 0.2) is 45.6 Å². The van der Waals surface area contributed by atoms with Crippen molar-refractivity contribution >= 4 is 44.0 Å². The van der Waals surface area contributed by atoms with Crippen LogP contribution in [0.1, 0.15) is 11.1 Å². The van der Waals surface area contributed by atoms with Gasteiger partial charge in [0.15, 0.2) is 0 Å². The minimum atomic E-state index is 0.0217. The van der Waals surface area contributed by atoms with Crippen LogP contribution in [0.2, 0.25) is 0 Å². The Balaban J connectivity index is 1.95. The van der Waals surface area contributed by atoms with Gasteiger partial charge in [-0.2, -0.15) is 0 Å². The Kier molecular flexibility index (Phi) is 4.24. The third-order valence-electron chi connectivity index (χ3n) is 3.39. The second-order valence-corrected chi connectivity index (χ2v) is 7.22. The predicted octanol–water partition coefficient (Wildman–Crippen LogP) is 4.19. The first-order valence-electron chi connectivity index (χ1n) is 6.61. The average molecular weight is 363 g/mol. The maximum Gasteiger partial charge on any atom is 0.129 e. The molecule has 3 nitrogen and oxygen atoms in total. The largest absolute Gasteiger partial charge is 0.392 e. The molecule has 0 unspecified atom stereocenters. The number of anilines is 1. The second kappa shape index (κ2) is 6.13. The number of benzene rings is 1. The summed E-state index contributed by atoms with van der Waals surface area (Å²) in [5, 5.41) is 12.7. The van der Waals surface area contributed by atoms with E-state index in [1.807, 2.05) is 37.4 Å². The summed E-state index contributed by atoms with van der Waals surface area (Å²) in [4.78, 5) is 6.79. The van der Waals surface area contributed by atoms with Gasteiger partial charge < -0.3 is 10.0 Å². The van der Waals surface area contributed by atoms with Crippen molar-refractivity contribution in [3.63, 3.8) is 0 Å². The number of aromatic nitrogens is 1. The zero-order valence-electron chi connectivity index (χ0n) is 11.6. The van der Waals surface area contributed by atoms with Crippen LogP contribution in [0.5, 0.6) is 0 Å². The van der Waals surface area contributed by atoms with E-state index in [1.165, 1.54) is 5.56 Å². The third-order valence-corrected chi connectivity index (χ3v) is 4.94. The Morgan fingerprint density at radius 3 is 2.81 bits per heavy atom. The molecule has 0 spiro atoms. The second-order valence-electron chi connectivity index (χ2n) is 4.93. The molecule has 0 atom stereocenters. The van der Waals surface area contributed by atoms with E-state index in [4.69, 9.17) is 4.98 Å². The van der Waals surface area contributed by atoms with Gasteiger partial charge in [0.2, 0.25) is 0 Å². The van der Waals surface area contributed by atoms with Crippen molar-refractivity contribution in [3.8, 4) is 0 Å². The molecule has 0 saturated heterocycles. The SMILES string of the molecule is CN(Cc1csc(Br)c1)c1cc(CO)c2ccccc2n1. The highest BCUT2D eigenvalue weighted by Crippen LogP contribution is 2.25. The summed E-state index contributed by atoms with van der Waals surface area (Å²) < 4.78 is 1.13. The van der Waals surface area contributed by atoms with Crippen molar-refractivity contribution in [1.82, 2.24) is 4.98 Å². The fraction of sp³-hybridized carbons (Fsp3) is 0.188. The van der Waals surface area contributed by atoms with Crippen LogP contribution in [-0.4, -0.2) is 17.1 Å². The first-order chi connectivity index (χ1) is 10.2. The lowest BCUT2D eigenvalue weighted by Crippen LogP contribution is -2.17. The maximum atomic E-state index is 9.58. The van der Waals surface area contributed by atoms with Crippen LogP contribution in [0.3, 0.4) is 0 Å². The van der Waals surface area contributed by atoms with Gasteiger partial charge in [-0.25, -0.2) is 4.98 Å². The Morgan fingerprint density at radius 2 is 2.10 bits per heavy atom. The van der Waals surface area contributed by atoms with Crippen LogP contribution < -0.4 is 4.90 Å². The maximum absolute atomic E-state index is 9.58. The van der Waals surface area contributed by atoms with E-state index in [1.54, 1.807) is 11.3 Å². The van der Waals surface area contributed by atoms with Crippen molar-refractivity contribution < 1.29 is 5.11 Å². The molecule has 3 rings (SSSR count). The Hall–Kier alpha value is -1.43. The number of thiophene rings is 1. The number of hydrogen-bond acceptors (Lipinski definition) is 4. The monoisotopic (exact) mass is 362 g/mol. The Labute approximate surface area is 136 Å². The van der Waals surface area contributed by atoms with E-state index in [9.17, 15) is 5.11 Å². The van der Waals surface area contributed by atoms with Gasteiger partial charge in [0.05, 0.1) is 15.9 Å². The van der Waals surface area contributed by atoms with Crippen molar-refractivity contribution in [1.29, 1.82) is 0 Å².